The molecule has 0 spiro atoms. The SMILES string of the molecule is O=C1C2CCC(CN(Cc3ncc[nH]3)C2)N1Cc1cscn1. The van der Waals surface area contributed by atoms with Gasteiger partial charge in [-0.05, 0) is 12.8 Å². The normalized spacial score (nSPS) is 25.6. The Hall–Kier alpha value is -1.73. The van der Waals surface area contributed by atoms with E-state index in [9.17, 15) is 4.79 Å². The average molecular weight is 317 g/mol. The van der Waals surface area contributed by atoms with E-state index in [1.807, 2.05) is 22.0 Å². The number of aromatic amines is 1. The third kappa shape index (κ3) is 2.66. The van der Waals surface area contributed by atoms with Crippen LogP contribution in [0.3, 0.4) is 0 Å². The maximum absolute atomic E-state index is 12.7. The minimum absolute atomic E-state index is 0.118. The molecule has 0 saturated carbocycles. The minimum atomic E-state index is 0.118. The first-order chi connectivity index (χ1) is 10.8. The number of H-pyrrole nitrogens is 1. The number of piperidine rings is 1. The molecular weight excluding hydrogens is 298 g/mol. The van der Waals surface area contributed by atoms with Crippen LogP contribution in [0.1, 0.15) is 24.4 Å². The Morgan fingerprint density at radius 3 is 3.00 bits per heavy atom. The van der Waals surface area contributed by atoms with Gasteiger partial charge >= 0.3 is 0 Å². The summed E-state index contributed by atoms with van der Waals surface area (Å²) < 4.78 is 0. The molecule has 1 N–H and O–H groups in total. The van der Waals surface area contributed by atoms with Crippen LogP contribution in [0, 0.1) is 5.92 Å². The molecule has 2 aromatic rings. The van der Waals surface area contributed by atoms with Crippen LogP contribution >= 0.6 is 11.3 Å². The highest BCUT2D eigenvalue weighted by Crippen LogP contribution is 2.30. The van der Waals surface area contributed by atoms with Crippen LogP contribution < -0.4 is 0 Å². The topological polar surface area (TPSA) is 65.1 Å². The van der Waals surface area contributed by atoms with Gasteiger partial charge in [-0.1, -0.05) is 0 Å². The molecule has 0 aliphatic carbocycles. The zero-order chi connectivity index (χ0) is 14.9. The van der Waals surface area contributed by atoms with E-state index in [4.69, 9.17) is 0 Å². The fourth-order valence-corrected chi connectivity index (χ4v) is 4.10. The second-order valence-electron chi connectivity index (χ2n) is 6.10. The van der Waals surface area contributed by atoms with E-state index in [2.05, 4.69) is 19.9 Å². The van der Waals surface area contributed by atoms with E-state index in [1.54, 1.807) is 17.5 Å². The summed E-state index contributed by atoms with van der Waals surface area (Å²) in [5, 5.41) is 2.03. The number of nitrogens with zero attached hydrogens (tertiary/aromatic N) is 4. The number of carbonyl (C=O) groups is 1. The number of fused-ring (bicyclic) bond motifs is 4. The van der Waals surface area contributed by atoms with Crippen molar-refractivity contribution in [1.82, 2.24) is 24.8 Å². The van der Waals surface area contributed by atoms with Gasteiger partial charge in [0.05, 0.1) is 30.2 Å². The van der Waals surface area contributed by atoms with Crippen LogP contribution in [0.15, 0.2) is 23.3 Å². The lowest BCUT2D eigenvalue weighted by molar-refractivity contribution is -0.140. The fraction of sp³-hybridized carbons (Fsp3) is 0.533. The van der Waals surface area contributed by atoms with Gasteiger partial charge in [0.25, 0.3) is 0 Å². The molecule has 116 valence electrons. The summed E-state index contributed by atoms with van der Waals surface area (Å²) in [7, 11) is 0. The van der Waals surface area contributed by atoms with Crippen molar-refractivity contribution in [2.45, 2.75) is 32.0 Å². The van der Waals surface area contributed by atoms with Gasteiger partial charge in [-0.2, -0.15) is 0 Å². The van der Waals surface area contributed by atoms with Crippen molar-refractivity contribution in [3.8, 4) is 0 Å². The Balaban J connectivity index is 1.51. The van der Waals surface area contributed by atoms with Crippen LogP contribution in [0.25, 0.3) is 0 Å². The molecule has 7 heteroatoms. The molecule has 2 aromatic heterocycles. The Bertz CT molecular complexity index is 626. The number of nitrogens with one attached hydrogen (secondary N) is 1. The van der Waals surface area contributed by atoms with Crippen molar-refractivity contribution in [1.29, 1.82) is 0 Å². The zero-order valence-electron chi connectivity index (χ0n) is 12.3. The highest BCUT2D eigenvalue weighted by molar-refractivity contribution is 7.07. The minimum Gasteiger partial charge on any atom is -0.348 e. The summed E-state index contributed by atoms with van der Waals surface area (Å²) in [5.74, 6) is 1.39. The first-order valence-electron chi connectivity index (χ1n) is 7.68. The molecule has 0 radical (unpaired) electrons. The molecule has 1 amide bonds. The molecular formula is C15H19N5OS. The Morgan fingerprint density at radius 1 is 1.27 bits per heavy atom. The first kappa shape index (κ1) is 13.9. The molecule has 3 aliphatic heterocycles. The molecule has 3 fully saturated rings. The average Bonchev–Trinajstić information content (AvgIpc) is 3.14. The number of amides is 1. The van der Waals surface area contributed by atoms with Gasteiger partial charge in [-0.15, -0.1) is 11.3 Å². The molecule has 2 atom stereocenters. The Morgan fingerprint density at radius 2 is 2.23 bits per heavy atom. The first-order valence-corrected chi connectivity index (χ1v) is 8.62. The van der Waals surface area contributed by atoms with E-state index in [-0.39, 0.29) is 5.92 Å². The second-order valence-corrected chi connectivity index (χ2v) is 6.82. The standard InChI is InChI=1S/C15H19N5OS/c21-15-11-1-2-13(20(15)6-12-9-22-10-18-12)7-19(5-11)8-14-16-3-4-17-14/h3-4,9-11,13H,1-2,5-8H2,(H,16,17). The monoisotopic (exact) mass is 317 g/mol. The number of aromatic nitrogens is 3. The largest absolute Gasteiger partial charge is 0.348 e. The zero-order valence-corrected chi connectivity index (χ0v) is 13.1. The summed E-state index contributed by atoms with van der Waals surface area (Å²) in [6.45, 7) is 3.20. The predicted octanol–water partition coefficient (Wildman–Crippen LogP) is 1.49. The molecule has 2 unspecified atom stereocenters. The number of rotatable bonds is 4. The lowest BCUT2D eigenvalue weighted by Gasteiger charge is -2.35. The van der Waals surface area contributed by atoms with Crippen LogP contribution in [0.5, 0.6) is 0 Å². The van der Waals surface area contributed by atoms with Crippen LogP contribution in [0.4, 0.5) is 0 Å². The van der Waals surface area contributed by atoms with E-state index < -0.39 is 0 Å². The maximum atomic E-state index is 12.7. The highest BCUT2D eigenvalue weighted by Gasteiger charge is 2.40. The van der Waals surface area contributed by atoms with E-state index in [1.165, 1.54) is 0 Å². The van der Waals surface area contributed by atoms with E-state index in [0.29, 0.717) is 18.5 Å². The van der Waals surface area contributed by atoms with Gasteiger partial charge < -0.3 is 9.88 Å². The number of hydrogen-bond donors (Lipinski definition) is 1. The van der Waals surface area contributed by atoms with Crippen molar-refractivity contribution >= 4 is 17.2 Å². The second kappa shape index (κ2) is 5.81. The van der Waals surface area contributed by atoms with Gasteiger partial charge in [0.15, 0.2) is 0 Å². The van der Waals surface area contributed by atoms with Gasteiger partial charge in [0, 0.05) is 36.9 Å². The maximum Gasteiger partial charge on any atom is 0.227 e. The van der Waals surface area contributed by atoms with Gasteiger partial charge in [0.1, 0.15) is 5.82 Å². The van der Waals surface area contributed by atoms with Crippen molar-refractivity contribution in [2.24, 2.45) is 5.92 Å². The summed E-state index contributed by atoms with van der Waals surface area (Å²) in [6.07, 6.45) is 5.73. The summed E-state index contributed by atoms with van der Waals surface area (Å²) in [4.78, 5) is 28.9. The molecule has 2 bridgehead atoms. The van der Waals surface area contributed by atoms with E-state index in [0.717, 1.165) is 44.0 Å². The molecule has 3 aliphatic rings. The molecule has 6 nitrogen and oxygen atoms in total. The molecule has 3 saturated heterocycles. The smallest absolute Gasteiger partial charge is 0.227 e. The Labute approximate surface area is 133 Å². The lowest BCUT2D eigenvalue weighted by atomic mass is 9.94. The van der Waals surface area contributed by atoms with E-state index >= 15 is 0 Å². The molecule has 0 aromatic carbocycles. The highest BCUT2D eigenvalue weighted by atomic mass is 32.1. The predicted molar refractivity (Wildman–Crippen MR) is 83.0 cm³/mol. The van der Waals surface area contributed by atoms with Crippen molar-refractivity contribution < 1.29 is 4.79 Å². The van der Waals surface area contributed by atoms with Gasteiger partial charge in [-0.3, -0.25) is 9.69 Å². The van der Waals surface area contributed by atoms with Crippen LogP contribution in [-0.4, -0.2) is 49.8 Å². The lowest BCUT2D eigenvalue weighted by Crippen LogP contribution is -2.47. The van der Waals surface area contributed by atoms with Gasteiger partial charge in [0.2, 0.25) is 5.91 Å². The quantitative estimate of drug-likeness (QED) is 0.928. The number of thiazole rings is 1. The van der Waals surface area contributed by atoms with Crippen LogP contribution in [0.2, 0.25) is 0 Å². The number of hydrogen-bond acceptors (Lipinski definition) is 5. The molecule has 5 heterocycles. The fourth-order valence-electron chi connectivity index (χ4n) is 3.55. The number of imidazole rings is 1. The molecule has 5 rings (SSSR count). The number of carbonyl (C=O) groups excluding carboxylic acids is 1. The summed E-state index contributed by atoms with van der Waals surface area (Å²) in [6, 6.07) is 0.294. The third-order valence-corrected chi connectivity index (χ3v) is 5.25. The van der Waals surface area contributed by atoms with Crippen molar-refractivity contribution in [3.05, 3.63) is 34.8 Å². The summed E-state index contributed by atoms with van der Waals surface area (Å²) >= 11 is 1.59. The van der Waals surface area contributed by atoms with Crippen molar-refractivity contribution in [3.63, 3.8) is 0 Å². The third-order valence-electron chi connectivity index (χ3n) is 4.61. The summed E-state index contributed by atoms with van der Waals surface area (Å²) in [5.41, 5.74) is 2.84. The Kier molecular flexibility index (Phi) is 3.67. The van der Waals surface area contributed by atoms with Crippen LogP contribution in [-0.2, 0) is 17.9 Å². The van der Waals surface area contributed by atoms with Crippen molar-refractivity contribution in [2.75, 3.05) is 13.1 Å². The van der Waals surface area contributed by atoms with Gasteiger partial charge in [-0.25, -0.2) is 9.97 Å². The molecule has 22 heavy (non-hydrogen) atoms.